The van der Waals surface area contributed by atoms with Gasteiger partial charge in [-0.25, -0.2) is 0 Å². The lowest BCUT2D eigenvalue weighted by Crippen LogP contribution is -2.61. The topological polar surface area (TPSA) is 6.48 Å². The Balaban J connectivity index is 1.18. The number of benzene rings is 10. The van der Waals surface area contributed by atoms with Crippen molar-refractivity contribution >= 4 is 57.2 Å². The lowest BCUT2D eigenvalue weighted by Gasteiger charge is -2.45. The molecule has 2 aliphatic heterocycles. The van der Waals surface area contributed by atoms with Crippen LogP contribution >= 0.6 is 0 Å². The van der Waals surface area contributed by atoms with Gasteiger partial charge in [-0.1, -0.05) is 206 Å². The van der Waals surface area contributed by atoms with Crippen LogP contribution in [-0.2, 0) is 0 Å². The van der Waals surface area contributed by atoms with Crippen molar-refractivity contribution in [2.75, 3.05) is 9.80 Å². The van der Waals surface area contributed by atoms with E-state index in [0.29, 0.717) is 0 Å². The van der Waals surface area contributed by atoms with Crippen LogP contribution in [0.1, 0.15) is 0 Å². The Morgan fingerprint density at radius 1 is 0.254 bits per heavy atom. The first-order valence-corrected chi connectivity index (χ1v) is 21.8. The number of fused-ring (bicyclic) bond motifs is 4. The molecule has 0 amide bonds. The van der Waals surface area contributed by atoms with Crippen molar-refractivity contribution in [3.05, 3.63) is 249 Å². The van der Waals surface area contributed by atoms with Crippen LogP contribution in [0.3, 0.4) is 0 Å². The molecule has 2 nitrogen and oxygen atoms in total. The van der Waals surface area contributed by atoms with Gasteiger partial charge in [0.1, 0.15) is 0 Å². The van der Waals surface area contributed by atoms with Crippen molar-refractivity contribution in [2.45, 2.75) is 0 Å². The van der Waals surface area contributed by atoms with E-state index in [0.717, 1.165) is 11.4 Å². The molecule has 0 N–H and O–H groups in total. The average molecular weight is 801 g/mol. The summed E-state index contributed by atoms with van der Waals surface area (Å²) < 4.78 is 0. The van der Waals surface area contributed by atoms with Crippen LogP contribution in [0.15, 0.2) is 249 Å². The summed E-state index contributed by atoms with van der Waals surface area (Å²) in [6.07, 6.45) is 0. The maximum absolute atomic E-state index is 2.55. The highest BCUT2D eigenvalue weighted by atomic mass is 15.2. The number of anilines is 6. The van der Waals surface area contributed by atoms with Gasteiger partial charge in [-0.15, -0.1) is 0 Å². The van der Waals surface area contributed by atoms with Gasteiger partial charge >= 0.3 is 0 Å². The van der Waals surface area contributed by atoms with E-state index < -0.39 is 0 Å². The third-order valence-electron chi connectivity index (χ3n) is 12.8. The van der Waals surface area contributed by atoms with Crippen LogP contribution < -0.4 is 26.2 Å². The highest BCUT2D eigenvalue weighted by Gasteiger charge is 2.44. The fourth-order valence-electron chi connectivity index (χ4n) is 9.94. The minimum atomic E-state index is -0.0355. The summed E-state index contributed by atoms with van der Waals surface area (Å²) in [5, 5.41) is 0. The van der Waals surface area contributed by atoms with Gasteiger partial charge in [-0.3, -0.25) is 0 Å². The first kappa shape index (κ1) is 36.7. The van der Waals surface area contributed by atoms with E-state index in [9.17, 15) is 0 Å². The standard InChI is InChI=1S/C60H41BN2/c1-6-18-42(19-7-1)46-32-35-51(36-33-46)63-58-41-50(45-24-12-4-13-25-45)40-57-59(58)61(55-31-17-30-53(60(55)63)47-26-14-5-15-27-47)54-37-34-49(44-22-10-3-11-23-44)39-56(54)62(57)52-29-16-28-48(38-52)43-20-8-2-9-21-43/h1-41H. The van der Waals surface area contributed by atoms with Crippen LogP contribution in [0, 0.1) is 0 Å². The fourth-order valence-corrected chi connectivity index (χ4v) is 9.94. The molecule has 2 aliphatic rings. The second-order valence-corrected chi connectivity index (χ2v) is 16.5. The molecule has 294 valence electrons. The van der Waals surface area contributed by atoms with E-state index in [1.165, 1.54) is 94.8 Å². The number of hydrogen-bond donors (Lipinski definition) is 0. The van der Waals surface area contributed by atoms with Gasteiger partial charge in [0.2, 0.25) is 0 Å². The first-order valence-electron chi connectivity index (χ1n) is 21.8. The van der Waals surface area contributed by atoms with E-state index in [-0.39, 0.29) is 6.71 Å². The van der Waals surface area contributed by atoms with Gasteiger partial charge in [-0.05, 0) is 109 Å². The third kappa shape index (κ3) is 6.37. The summed E-state index contributed by atoms with van der Waals surface area (Å²) in [6, 6.07) is 91.2. The van der Waals surface area contributed by atoms with Crippen LogP contribution in [0.2, 0.25) is 0 Å². The molecule has 0 unspecified atom stereocenters. The maximum atomic E-state index is 2.55. The van der Waals surface area contributed by atoms with Crippen molar-refractivity contribution in [3.63, 3.8) is 0 Å². The molecule has 0 aliphatic carbocycles. The Bertz CT molecular complexity index is 3260. The number of rotatable bonds is 7. The molecule has 0 saturated carbocycles. The van der Waals surface area contributed by atoms with Gasteiger partial charge < -0.3 is 9.80 Å². The largest absolute Gasteiger partial charge is 0.311 e. The Kier molecular flexibility index (Phi) is 8.97. The van der Waals surface area contributed by atoms with Crippen LogP contribution in [-0.4, -0.2) is 6.71 Å². The summed E-state index contributed by atoms with van der Waals surface area (Å²) in [5.41, 5.74) is 22.8. The van der Waals surface area contributed by atoms with Gasteiger partial charge in [0.05, 0.1) is 0 Å². The lowest BCUT2D eigenvalue weighted by molar-refractivity contribution is 1.25. The number of nitrogens with zero attached hydrogens (tertiary/aromatic N) is 2. The molecule has 0 saturated heterocycles. The minimum Gasteiger partial charge on any atom is -0.311 e. The molecule has 0 fully saturated rings. The van der Waals surface area contributed by atoms with E-state index in [1.807, 2.05) is 0 Å². The number of hydrogen-bond acceptors (Lipinski definition) is 2. The molecule has 12 rings (SSSR count). The predicted molar refractivity (Wildman–Crippen MR) is 268 cm³/mol. The molecular weight excluding hydrogens is 759 g/mol. The molecule has 10 aromatic carbocycles. The highest BCUT2D eigenvalue weighted by Crippen LogP contribution is 2.49. The molecule has 0 radical (unpaired) electrons. The van der Waals surface area contributed by atoms with Crippen molar-refractivity contribution in [1.82, 2.24) is 0 Å². The van der Waals surface area contributed by atoms with Crippen LogP contribution in [0.4, 0.5) is 34.1 Å². The summed E-state index contributed by atoms with van der Waals surface area (Å²) in [7, 11) is 0. The molecule has 2 heterocycles. The zero-order valence-electron chi connectivity index (χ0n) is 34.6. The molecule has 0 aromatic heterocycles. The molecule has 10 aromatic rings. The summed E-state index contributed by atoms with van der Waals surface area (Å²) >= 11 is 0. The van der Waals surface area contributed by atoms with Gasteiger partial charge in [0.25, 0.3) is 6.71 Å². The zero-order chi connectivity index (χ0) is 41.7. The molecule has 0 atom stereocenters. The molecule has 63 heavy (non-hydrogen) atoms. The fraction of sp³-hybridized carbons (Fsp3) is 0. The van der Waals surface area contributed by atoms with E-state index in [4.69, 9.17) is 0 Å². The summed E-state index contributed by atoms with van der Waals surface area (Å²) in [6.45, 7) is -0.0355. The monoisotopic (exact) mass is 800 g/mol. The Morgan fingerprint density at radius 3 is 1.30 bits per heavy atom. The Hall–Kier alpha value is -8.14. The molecule has 0 spiro atoms. The minimum absolute atomic E-state index is 0.0355. The Morgan fingerprint density at radius 2 is 0.698 bits per heavy atom. The second-order valence-electron chi connectivity index (χ2n) is 16.5. The summed E-state index contributed by atoms with van der Waals surface area (Å²) in [4.78, 5) is 5.09. The Labute approximate surface area is 369 Å². The van der Waals surface area contributed by atoms with Crippen LogP contribution in [0.5, 0.6) is 0 Å². The predicted octanol–water partition coefficient (Wildman–Crippen LogP) is 14.1. The van der Waals surface area contributed by atoms with Crippen LogP contribution in [0.25, 0.3) is 55.6 Å². The van der Waals surface area contributed by atoms with E-state index in [1.54, 1.807) is 0 Å². The SMILES string of the molecule is c1ccc(-c2ccc(N3c4cc(-c5ccccc5)cc5c4B(c4ccc(-c6ccccc6)cc4N5c4cccc(-c5ccccc5)c4)c4cccc(-c5ccccc5)c43)cc2)cc1. The third-order valence-corrected chi connectivity index (χ3v) is 12.8. The van der Waals surface area contributed by atoms with Gasteiger partial charge in [-0.2, -0.15) is 0 Å². The van der Waals surface area contributed by atoms with Crippen molar-refractivity contribution in [2.24, 2.45) is 0 Å². The highest BCUT2D eigenvalue weighted by molar-refractivity contribution is 7.00. The normalized spacial score (nSPS) is 12.3. The van der Waals surface area contributed by atoms with Crippen molar-refractivity contribution in [1.29, 1.82) is 0 Å². The lowest BCUT2D eigenvalue weighted by atomic mass is 9.33. The van der Waals surface area contributed by atoms with Crippen molar-refractivity contribution in [3.8, 4) is 55.6 Å². The second kappa shape index (κ2) is 15.4. The number of para-hydroxylation sites is 1. The van der Waals surface area contributed by atoms with Gasteiger partial charge in [0.15, 0.2) is 0 Å². The van der Waals surface area contributed by atoms with E-state index >= 15 is 0 Å². The summed E-state index contributed by atoms with van der Waals surface area (Å²) in [5.74, 6) is 0. The van der Waals surface area contributed by atoms with Gasteiger partial charge in [0, 0.05) is 39.7 Å². The molecular formula is C60H41BN2. The first-order chi connectivity index (χ1) is 31.3. The molecule has 3 heteroatoms. The maximum Gasteiger partial charge on any atom is 0.252 e. The van der Waals surface area contributed by atoms with E-state index in [2.05, 4.69) is 259 Å². The van der Waals surface area contributed by atoms with Crippen molar-refractivity contribution < 1.29 is 0 Å². The average Bonchev–Trinajstić information content (AvgIpc) is 3.37. The molecule has 0 bridgehead atoms. The quantitative estimate of drug-likeness (QED) is 0.148. The smallest absolute Gasteiger partial charge is 0.252 e. The zero-order valence-corrected chi connectivity index (χ0v) is 34.6.